The Balaban J connectivity index is 1.33. The van der Waals surface area contributed by atoms with E-state index in [1.165, 1.54) is 16.7 Å². The normalized spacial score (nSPS) is 21.5. The Labute approximate surface area is 248 Å². The summed E-state index contributed by atoms with van der Waals surface area (Å²) in [6.45, 7) is 1.57. The van der Waals surface area contributed by atoms with E-state index in [1.54, 1.807) is 7.11 Å². The summed E-state index contributed by atoms with van der Waals surface area (Å²) < 4.78 is 7.74. The Bertz CT molecular complexity index is 1480. The van der Waals surface area contributed by atoms with Crippen LogP contribution in [-0.4, -0.2) is 35.2 Å². The smallest absolute Gasteiger partial charge is 0.237 e. The van der Waals surface area contributed by atoms with Gasteiger partial charge in [0.1, 0.15) is 11.6 Å². The molecule has 2 heterocycles. The van der Waals surface area contributed by atoms with Gasteiger partial charge in [-0.15, -0.1) is 0 Å². The van der Waals surface area contributed by atoms with Gasteiger partial charge < -0.3 is 19.9 Å². The van der Waals surface area contributed by atoms with Gasteiger partial charge in [0.05, 0.1) is 31.1 Å². The zero-order valence-corrected chi connectivity index (χ0v) is 24.3. The van der Waals surface area contributed by atoms with E-state index in [0.29, 0.717) is 12.5 Å². The lowest BCUT2D eigenvalue weighted by Gasteiger charge is -2.32. The highest BCUT2D eigenvalue weighted by atomic mass is 16.5. The van der Waals surface area contributed by atoms with Crippen LogP contribution in [0, 0.1) is 11.8 Å². The average molecular weight is 561 g/mol. The van der Waals surface area contributed by atoms with Crippen LogP contribution in [0.5, 0.6) is 5.75 Å². The molecule has 4 atom stereocenters. The van der Waals surface area contributed by atoms with E-state index in [2.05, 4.69) is 100 Å². The molecule has 42 heavy (non-hydrogen) atoms. The Morgan fingerprint density at radius 3 is 2.69 bits per heavy atom. The van der Waals surface area contributed by atoms with E-state index in [-0.39, 0.29) is 23.9 Å². The number of allylic oxidation sites excluding steroid dienone is 8. The fourth-order valence-corrected chi connectivity index (χ4v) is 6.39. The summed E-state index contributed by atoms with van der Waals surface area (Å²) in [5.41, 5.74) is 4.84. The van der Waals surface area contributed by atoms with Crippen molar-refractivity contribution in [2.75, 3.05) is 13.7 Å². The van der Waals surface area contributed by atoms with Gasteiger partial charge in [0, 0.05) is 18.9 Å². The van der Waals surface area contributed by atoms with E-state index in [0.717, 1.165) is 55.9 Å². The standard InChI is InChI=1S/C36H40N4O2/c1-42-30-19-16-27(17-20-30)25-40-34(24-38-35(40)21-18-26-9-3-2-4-10-26)33(39-36(41)32-15-8-22-37-32)23-29-13-7-12-28-11-5-6-14-31(28)29/h2-7,9-14,16-17,19-20,24,29,31-33,37H,8,15,18,21-23,25H2,1H3,(H,39,41)/t29?,31?,32?,33-/m1/s1. The number of carbonyl (C=O) groups is 1. The summed E-state index contributed by atoms with van der Waals surface area (Å²) in [5.74, 6) is 2.52. The minimum absolute atomic E-state index is 0.0789. The maximum Gasteiger partial charge on any atom is 0.237 e. The number of amides is 1. The first kappa shape index (κ1) is 28.0. The third-order valence-corrected chi connectivity index (χ3v) is 8.72. The Kier molecular flexibility index (Phi) is 8.80. The monoisotopic (exact) mass is 560 g/mol. The first-order chi connectivity index (χ1) is 20.7. The van der Waals surface area contributed by atoms with Crippen molar-refractivity contribution in [1.29, 1.82) is 0 Å². The number of aryl methyl sites for hydroxylation is 2. The molecule has 1 amide bonds. The minimum Gasteiger partial charge on any atom is -0.497 e. The van der Waals surface area contributed by atoms with Crippen LogP contribution in [0.15, 0.2) is 109 Å². The van der Waals surface area contributed by atoms with Gasteiger partial charge in [-0.2, -0.15) is 0 Å². The molecular formula is C36H40N4O2. The van der Waals surface area contributed by atoms with Crippen molar-refractivity contribution in [2.24, 2.45) is 11.8 Å². The number of nitrogens with zero attached hydrogens (tertiary/aromatic N) is 2. The molecule has 1 aliphatic heterocycles. The number of hydrogen-bond donors (Lipinski definition) is 2. The molecule has 216 valence electrons. The quantitative estimate of drug-likeness (QED) is 0.307. The van der Waals surface area contributed by atoms with Gasteiger partial charge in [-0.25, -0.2) is 4.98 Å². The number of carbonyl (C=O) groups excluding carboxylic acids is 1. The number of benzene rings is 2. The maximum atomic E-state index is 13.5. The summed E-state index contributed by atoms with van der Waals surface area (Å²) in [6, 6.07) is 18.5. The van der Waals surface area contributed by atoms with E-state index in [4.69, 9.17) is 9.72 Å². The molecule has 0 spiro atoms. The molecule has 0 radical (unpaired) electrons. The number of ether oxygens (including phenoxy) is 1. The van der Waals surface area contributed by atoms with Gasteiger partial charge in [0.25, 0.3) is 0 Å². The molecule has 1 saturated heterocycles. The molecule has 6 nitrogen and oxygen atoms in total. The van der Waals surface area contributed by atoms with Gasteiger partial charge in [0.15, 0.2) is 0 Å². The predicted octanol–water partition coefficient (Wildman–Crippen LogP) is 5.88. The third-order valence-electron chi connectivity index (χ3n) is 8.72. The fourth-order valence-electron chi connectivity index (χ4n) is 6.39. The van der Waals surface area contributed by atoms with Gasteiger partial charge in [-0.3, -0.25) is 4.79 Å². The number of fused-ring (bicyclic) bond motifs is 1. The van der Waals surface area contributed by atoms with Crippen LogP contribution in [0.4, 0.5) is 0 Å². The second kappa shape index (κ2) is 13.2. The number of methoxy groups -OCH3 is 1. The molecule has 2 aromatic carbocycles. The molecule has 1 aromatic heterocycles. The summed E-state index contributed by atoms with van der Waals surface area (Å²) in [6.07, 6.45) is 21.8. The topological polar surface area (TPSA) is 68.2 Å². The molecule has 2 N–H and O–H groups in total. The van der Waals surface area contributed by atoms with Crippen LogP contribution in [-0.2, 0) is 24.2 Å². The SMILES string of the molecule is COc1ccc(Cn2c([C@@H](CC3C=CC=C4C=CC=CC43)NC(=O)C3CCCN3)cnc2CCc2ccccc2)cc1. The molecule has 6 rings (SSSR count). The third kappa shape index (κ3) is 6.50. The zero-order valence-electron chi connectivity index (χ0n) is 24.3. The Morgan fingerprint density at radius 1 is 1.05 bits per heavy atom. The number of hydrogen-bond acceptors (Lipinski definition) is 4. The van der Waals surface area contributed by atoms with Crippen LogP contribution in [0.25, 0.3) is 0 Å². The highest BCUT2D eigenvalue weighted by molar-refractivity contribution is 5.82. The lowest BCUT2D eigenvalue weighted by molar-refractivity contribution is -0.123. The van der Waals surface area contributed by atoms with Crippen molar-refractivity contribution in [3.8, 4) is 5.75 Å². The van der Waals surface area contributed by atoms with Gasteiger partial charge >= 0.3 is 0 Å². The zero-order chi connectivity index (χ0) is 28.7. The summed E-state index contributed by atoms with van der Waals surface area (Å²) in [4.78, 5) is 18.5. The number of aromatic nitrogens is 2. The van der Waals surface area contributed by atoms with Crippen molar-refractivity contribution in [3.05, 3.63) is 132 Å². The van der Waals surface area contributed by atoms with E-state index in [9.17, 15) is 4.79 Å². The van der Waals surface area contributed by atoms with Gasteiger partial charge in [-0.1, -0.05) is 85.0 Å². The van der Waals surface area contributed by atoms with Gasteiger partial charge in [0.2, 0.25) is 5.91 Å². The summed E-state index contributed by atoms with van der Waals surface area (Å²) in [5, 5.41) is 6.85. The minimum atomic E-state index is -0.176. The number of rotatable bonds is 11. The summed E-state index contributed by atoms with van der Waals surface area (Å²) >= 11 is 0. The molecular weight excluding hydrogens is 520 g/mol. The largest absolute Gasteiger partial charge is 0.497 e. The second-order valence-electron chi connectivity index (χ2n) is 11.5. The molecule has 2 aliphatic carbocycles. The van der Waals surface area contributed by atoms with Crippen LogP contribution >= 0.6 is 0 Å². The van der Waals surface area contributed by atoms with Crippen LogP contribution in [0.2, 0.25) is 0 Å². The lowest BCUT2D eigenvalue weighted by Crippen LogP contribution is -2.43. The molecule has 3 aliphatic rings. The Morgan fingerprint density at radius 2 is 1.90 bits per heavy atom. The van der Waals surface area contributed by atoms with Crippen LogP contribution < -0.4 is 15.4 Å². The van der Waals surface area contributed by atoms with E-state index in [1.807, 2.05) is 18.3 Å². The molecule has 0 saturated carbocycles. The van der Waals surface area contributed by atoms with Crippen molar-refractivity contribution >= 4 is 5.91 Å². The van der Waals surface area contributed by atoms with Gasteiger partial charge in [-0.05, 0) is 67.0 Å². The van der Waals surface area contributed by atoms with E-state index < -0.39 is 0 Å². The molecule has 0 bridgehead atoms. The number of imidazole rings is 1. The predicted molar refractivity (Wildman–Crippen MR) is 167 cm³/mol. The van der Waals surface area contributed by atoms with Crippen molar-refractivity contribution in [1.82, 2.24) is 20.2 Å². The molecule has 1 fully saturated rings. The highest BCUT2D eigenvalue weighted by Crippen LogP contribution is 2.37. The van der Waals surface area contributed by atoms with Crippen LogP contribution in [0.1, 0.15) is 47.9 Å². The Hall–Kier alpha value is -4.16. The first-order valence-corrected chi connectivity index (χ1v) is 15.2. The maximum absolute atomic E-state index is 13.5. The van der Waals surface area contributed by atoms with Crippen molar-refractivity contribution in [3.63, 3.8) is 0 Å². The second-order valence-corrected chi connectivity index (χ2v) is 11.5. The lowest BCUT2D eigenvalue weighted by atomic mass is 9.76. The average Bonchev–Trinajstić information content (AvgIpc) is 3.72. The van der Waals surface area contributed by atoms with Crippen LogP contribution in [0.3, 0.4) is 0 Å². The number of nitrogens with one attached hydrogen (secondary N) is 2. The fraction of sp³-hybridized carbons (Fsp3) is 0.333. The highest BCUT2D eigenvalue weighted by Gasteiger charge is 2.32. The summed E-state index contributed by atoms with van der Waals surface area (Å²) in [7, 11) is 1.69. The van der Waals surface area contributed by atoms with E-state index >= 15 is 0 Å². The van der Waals surface area contributed by atoms with Crippen molar-refractivity contribution < 1.29 is 9.53 Å². The molecule has 3 unspecified atom stereocenters. The molecule has 3 aromatic rings. The van der Waals surface area contributed by atoms with Crippen molar-refractivity contribution in [2.45, 2.75) is 50.7 Å². The first-order valence-electron chi connectivity index (χ1n) is 15.2. The molecule has 6 heteroatoms.